The third-order valence-corrected chi connectivity index (χ3v) is 3.36. The van der Waals surface area contributed by atoms with Gasteiger partial charge in [0.2, 0.25) is 0 Å². The maximum atomic E-state index is 5.94. The number of nitrogens with two attached hydrogens (primary N) is 1. The molecule has 2 unspecified atom stereocenters. The summed E-state index contributed by atoms with van der Waals surface area (Å²) in [5.74, 6) is 1.35. The molecule has 6 heteroatoms. The number of benzene rings is 1. The molecule has 0 spiro atoms. The fraction of sp³-hybridized carbons (Fsp3) is 0.364. The first-order valence-electron chi connectivity index (χ1n) is 5.50. The van der Waals surface area contributed by atoms with Crippen LogP contribution in [-0.4, -0.2) is 20.2 Å². The predicted molar refractivity (Wildman–Crippen MR) is 65.5 cm³/mol. The largest absolute Gasteiger partial charge is 0.398 e. The van der Waals surface area contributed by atoms with Gasteiger partial charge < -0.3 is 5.73 Å². The second kappa shape index (κ2) is 3.70. The molecule has 1 fully saturated rings. The minimum absolute atomic E-state index is 0.398. The lowest BCUT2D eigenvalue weighted by Crippen LogP contribution is -2.03. The van der Waals surface area contributed by atoms with Crippen molar-refractivity contribution < 1.29 is 0 Å². The molecule has 0 saturated heterocycles. The smallest absolute Gasteiger partial charge is 0.184 e. The summed E-state index contributed by atoms with van der Waals surface area (Å²) in [7, 11) is 0. The van der Waals surface area contributed by atoms with Gasteiger partial charge in [-0.15, -0.1) is 5.10 Å². The molecule has 0 amide bonds. The van der Waals surface area contributed by atoms with Gasteiger partial charge in [-0.05, 0) is 41.0 Å². The molecule has 2 atom stereocenters. The van der Waals surface area contributed by atoms with E-state index in [-0.39, 0.29) is 0 Å². The number of aromatic nitrogens is 4. The Balaban J connectivity index is 2.06. The average Bonchev–Trinajstić information content (AvgIpc) is 2.82. The van der Waals surface area contributed by atoms with Gasteiger partial charge in [0.25, 0.3) is 0 Å². The van der Waals surface area contributed by atoms with Crippen molar-refractivity contribution in [1.82, 2.24) is 20.2 Å². The van der Waals surface area contributed by atoms with E-state index in [0.29, 0.717) is 28.5 Å². The summed E-state index contributed by atoms with van der Waals surface area (Å²) in [5.41, 5.74) is 7.37. The summed E-state index contributed by atoms with van der Waals surface area (Å²) >= 11 is 5.88. The Morgan fingerprint density at radius 2 is 2.24 bits per heavy atom. The third-order valence-electron chi connectivity index (χ3n) is 3.13. The summed E-state index contributed by atoms with van der Waals surface area (Å²) in [6, 6.07) is 5.76. The quantitative estimate of drug-likeness (QED) is 0.828. The van der Waals surface area contributed by atoms with E-state index in [1.54, 1.807) is 12.1 Å². The van der Waals surface area contributed by atoms with Gasteiger partial charge in [-0.25, -0.2) is 4.68 Å². The van der Waals surface area contributed by atoms with E-state index >= 15 is 0 Å². The number of anilines is 1. The number of hydrogen-bond donors (Lipinski definition) is 1. The first-order valence-corrected chi connectivity index (χ1v) is 5.88. The average molecular weight is 250 g/mol. The lowest BCUT2D eigenvalue weighted by atomic mass is 10.1. The Morgan fingerprint density at radius 3 is 2.88 bits per heavy atom. The summed E-state index contributed by atoms with van der Waals surface area (Å²) in [4.78, 5) is 0. The molecule has 0 radical (unpaired) electrons. The number of halogens is 1. The van der Waals surface area contributed by atoms with E-state index in [4.69, 9.17) is 17.3 Å². The van der Waals surface area contributed by atoms with Crippen LogP contribution in [0.3, 0.4) is 0 Å². The van der Waals surface area contributed by atoms with Gasteiger partial charge in [0.15, 0.2) is 5.82 Å². The molecule has 0 aliphatic heterocycles. The number of nitrogens with zero attached hydrogens (tertiary/aromatic N) is 4. The van der Waals surface area contributed by atoms with Crippen molar-refractivity contribution >= 4 is 17.3 Å². The van der Waals surface area contributed by atoms with Crippen LogP contribution in [0.15, 0.2) is 18.2 Å². The van der Waals surface area contributed by atoms with Crippen LogP contribution in [0.4, 0.5) is 5.69 Å². The van der Waals surface area contributed by atoms with Crippen molar-refractivity contribution in [2.24, 2.45) is 5.92 Å². The van der Waals surface area contributed by atoms with Crippen molar-refractivity contribution in [3.05, 3.63) is 23.2 Å². The Hall–Kier alpha value is -1.62. The Labute approximate surface area is 104 Å². The van der Waals surface area contributed by atoms with E-state index in [9.17, 15) is 0 Å². The first-order chi connectivity index (χ1) is 8.16. The molecule has 88 valence electrons. The van der Waals surface area contributed by atoms with Gasteiger partial charge in [0.1, 0.15) is 0 Å². The van der Waals surface area contributed by atoms with Crippen LogP contribution in [0.1, 0.15) is 19.4 Å². The molecule has 2 N–H and O–H groups in total. The van der Waals surface area contributed by atoms with Crippen LogP contribution in [-0.2, 0) is 0 Å². The SMILES string of the molecule is CC1CC1n1nnnc1-c1ccc(Cl)cc1N. The highest BCUT2D eigenvalue weighted by Gasteiger charge is 2.37. The van der Waals surface area contributed by atoms with Gasteiger partial charge >= 0.3 is 0 Å². The zero-order valence-corrected chi connectivity index (χ0v) is 10.1. The van der Waals surface area contributed by atoms with Crippen LogP contribution in [0.5, 0.6) is 0 Å². The second-order valence-corrected chi connectivity index (χ2v) is 4.90. The Bertz CT molecular complexity index is 565. The normalized spacial score (nSPS) is 22.7. The standard InChI is InChI=1S/C11H12ClN5/c1-6-4-10(6)17-11(14-15-16-17)8-3-2-7(12)5-9(8)13/h2-3,5-6,10H,4,13H2,1H3. The van der Waals surface area contributed by atoms with Crippen LogP contribution >= 0.6 is 11.6 Å². The van der Waals surface area contributed by atoms with Gasteiger partial charge in [-0.2, -0.15) is 0 Å². The number of hydrogen-bond acceptors (Lipinski definition) is 4. The molecule has 17 heavy (non-hydrogen) atoms. The summed E-state index contributed by atoms with van der Waals surface area (Å²) in [6.45, 7) is 2.18. The number of nitrogen functional groups attached to an aromatic ring is 1. The fourth-order valence-electron chi connectivity index (χ4n) is 1.97. The summed E-state index contributed by atoms with van der Waals surface area (Å²) in [5, 5.41) is 12.4. The van der Waals surface area contributed by atoms with Crippen molar-refractivity contribution in [1.29, 1.82) is 0 Å². The Kier molecular flexibility index (Phi) is 2.29. The maximum Gasteiger partial charge on any atom is 0.184 e. The monoisotopic (exact) mass is 249 g/mol. The molecule has 1 saturated carbocycles. The van der Waals surface area contributed by atoms with E-state index in [1.807, 2.05) is 10.7 Å². The van der Waals surface area contributed by atoms with E-state index < -0.39 is 0 Å². The van der Waals surface area contributed by atoms with Gasteiger partial charge in [0.05, 0.1) is 6.04 Å². The van der Waals surface area contributed by atoms with Crippen LogP contribution in [0.2, 0.25) is 5.02 Å². The second-order valence-electron chi connectivity index (χ2n) is 4.46. The first kappa shape index (κ1) is 10.5. The topological polar surface area (TPSA) is 69.6 Å². The molecule has 5 nitrogen and oxygen atoms in total. The predicted octanol–water partition coefficient (Wildman–Crippen LogP) is 2.16. The number of tetrazole rings is 1. The van der Waals surface area contributed by atoms with Crippen molar-refractivity contribution in [3.63, 3.8) is 0 Å². The van der Waals surface area contributed by atoms with Crippen LogP contribution < -0.4 is 5.73 Å². The molecule has 1 aromatic carbocycles. The van der Waals surface area contributed by atoms with Crippen molar-refractivity contribution in [3.8, 4) is 11.4 Å². The highest BCUT2D eigenvalue weighted by atomic mass is 35.5. The molecule has 0 bridgehead atoms. The van der Waals surface area contributed by atoms with Crippen molar-refractivity contribution in [2.75, 3.05) is 5.73 Å². The summed E-state index contributed by atoms with van der Waals surface area (Å²) < 4.78 is 1.85. The highest BCUT2D eigenvalue weighted by molar-refractivity contribution is 6.31. The minimum Gasteiger partial charge on any atom is -0.398 e. The Morgan fingerprint density at radius 1 is 1.47 bits per heavy atom. The molecule has 1 aliphatic carbocycles. The minimum atomic E-state index is 0.398. The third kappa shape index (κ3) is 1.76. The van der Waals surface area contributed by atoms with E-state index in [2.05, 4.69) is 22.4 Å². The molecule has 2 aromatic rings. The van der Waals surface area contributed by atoms with E-state index in [1.165, 1.54) is 0 Å². The molecule has 1 heterocycles. The van der Waals surface area contributed by atoms with Gasteiger partial charge in [-0.1, -0.05) is 18.5 Å². The fourth-order valence-corrected chi connectivity index (χ4v) is 2.16. The van der Waals surface area contributed by atoms with Gasteiger partial charge in [0, 0.05) is 16.3 Å². The van der Waals surface area contributed by atoms with Crippen molar-refractivity contribution in [2.45, 2.75) is 19.4 Å². The highest BCUT2D eigenvalue weighted by Crippen LogP contribution is 2.44. The van der Waals surface area contributed by atoms with E-state index in [0.717, 1.165) is 12.0 Å². The van der Waals surface area contributed by atoms with Gasteiger partial charge in [-0.3, -0.25) is 0 Å². The number of rotatable bonds is 2. The maximum absolute atomic E-state index is 5.94. The molecule has 3 rings (SSSR count). The molecule has 1 aliphatic rings. The molecular weight excluding hydrogens is 238 g/mol. The van der Waals surface area contributed by atoms with Crippen LogP contribution in [0.25, 0.3) is 11.4 Å². The lowest BCUT2D eigenvalue weighted by molar-refractivity contribution is 0.584. The summed E-state index contributed by atoms with van der Waals surface area (Å²) in [6.07, 6.45) is 1.12. The van der Waals surface area contributed by atoms with Crippen LogP contribution in [0, 0.1) is 5.92 Å². The molecule has 1 aromatic heterocycles. The zero-order chi connectivity index (χ0) is 12.0. The molecular formula is C11H12ClN5. The zero-order valence-electron chi connectivity index (χ0n) is 9.34. The lowest BCUT2D eigenvalue weighted by Gasteiger charge is -2.06.